The van der Waals surface area contributed by atoms with Gasteiger partial charge in [-0.3, -0.25) is 0 Å². The molecule has 0 aromatic heterocycles. The highest BCUT2D eigenvalue weighted by molar-refractivity contribution is 9.10. The lowest BCUT2D eigenvalue weighted by Gasteiger charge is -2.21. The number of carbonyl (C=O) groups is 1. The number of nitrogens with one attached hydrogen (secondary N) is 1. The monoisotopic (exact) mass is 312 g/mol. The Bertz CT molecular complexity index is 408. The molecule has 1 aliphatic rings. The minimum absolute atomic E-state index is 0.123. The lowest BCUT2D eigenvalue weighted by molar-refractivity contribution is 0.139. The van der Waals surface area contributed by atoms with Crippen molar-refractivity contribution in [3.63, 3.8) is 0 Å². The van der Waals surface area contributed by atoms with Crippen LogP contribution in [-0.2, 0) is 6.54 Å². The topological polar surface area (TPSA) is 52.6 Å². The van der Waals surface area contributed by atoms with Gasteiger partial charge in [0.15, 0.2) is 0 Å². The molecule has 98 valence electrons. The van der Waals surface area contributed by atoms with Crippen LogP contribution >= 0.6 is 15.9 Å². The maximum atomic E-state index is 11.0. The number of hydrogen-bond donors (Lipinski definition) is 2. The fourth-order valence-corrected chi connectivity index (χ4v) is 2.55. The summed E-state index contributed by atoms with van der Waals surface area (Å²) in [4.78, 5) is 12.5. The van der Waals surface area contributed by atoms with E-state index in [1.165, 1.54) is 10.5 Å². The van der Waals surface area contributed by atoms with Crippen molar-refractivity contribution in [2.75, 3.05) is 13.1 Å². The van der Waals surface area contributed by atoms with E-state index >= 15 is 0 Å². The first-order chi connectivity index (χ1) is 8.66. The second-order valence-electron chi connectivity index (χ2n) is 4.53. The Kier molecular flexibility index (Phi) is 4.60. The number of amides is 1. The van der Waals surface area contributed by atoms with Gasteiger partial charge in [-0.2, -0.15) is 0 Å². The first kappa shape index (κ1) is 13.4. The summed E-state index contributed by atoms with van der Waals surface area (Å²) < 4.78 is 1.07. The Morgan fingerprint density at radius 3 is 2.83 bits per heavy atom. The smallest absolute Gasteiger partial charge is 0.407 e. The molecule has 2 N–H and O–H groups in total. The highest BCUT2D eigenvalue weighted by atomic mass is 79.9. The zero-order valence-corrected chi connectivity index (χ0v) is 11.7. The predicted molar refractivity (Wildman–Crippen MR) is 73.6 cm³/mol. The molecule has 18 heavy (non-hydrogen) atoms. The summed E-state index contributed by atoms with van der Waals surface area (Å²) in [6.07, 6.45) is 1.12. The molecule has 1 aromatic rings. The predicted octanol–water partition coefficient (Wildman–Crippen LogP) is 2.68. The van der Waals surface area contributed by atoms with Crippen molar-refractivity contribution < 1.29 is 9.90 Å². The highest BCUT2D eigenvalue weighted by Crippen LogP contribution is 2.16. The van der Waals surface area contributed by atoms with Gasteiger partial charge in [0.1, 0.15) is 0 Å². The van der Waals surface area contributed by atoms with Crippen LogP contribution in [0.1, 0.15) is 18.4 Å². The number of carboxylic acid groups (broad SMARTS) is 1. The van der Waals surface area contributed by atoms with Crippen LogP contribution in [0.5, 0.6) is 0 Å². The van der Waals surface area contributed by atoms with Gasteiger partial charge in [0, 0.05) is 30.1 Å². The minimum Gasteiger partial charge on any atom is -0.465 e. The van der Waals surface area contributed by atoms with Crippen LogP contribution in [0.3, 0.4) is 0 Å². The Labute approximate surface area is 115 Å². The average Bonchev–Trinajstić information content (AvgIpc) is 2.80. The molecular formula is C13H17BrN2O2. The number of rotatable bonds is 4. The standard InChI is InChI=1S/C13H17BrN2O2/c14-11-5-3-10(4-6-11)8-15-9-12-2-1-7-16(12)13(17)18/h3-6,12,15H,1-2,7-9H2,(H,17,18). The average molecular weight is 313 g/mol. The lowest BCUT2D eigenvalue weighted by atomic mass is 10.2. The van der Waals surface area contributed by atoms with Crippen molar-refractivity contribution in [3.8, 4) is 0 Å². The molecule has 1 saturated heterocycles. The van der Waals surface area contributed by atoms with Crippen molar-refractivity contribution in [2.24, 2.45) is 0 Å². The van der Waals surface area contributed by atoms with E-state index in [0.717, 1.165) is 30.4 Å². The molecule has 1 atom stereocenters. The van der Waals surface area contributed by atoms with E-state index < -0.39 is 6.09 Å². The minimum atomic E-state index is -0.803. The lowest BCUT2D eigenvalue weighted by Crippen LogP contribution is -2.40. The quantitative estimate of drug-likeness (QED) is 0.898. The normalized spacial score (nSPS) is 19.2. The molecule has 1 aliphatic heterocycles. The van der Waals surface area contributed by atoms with Gasteiger partial charge >= 0.3 is 6.09 Å². The number of likely N-dealkylation sites (tertiary alicyclic amines) is 1. The van der Waals surface area contributed by atoms with Crippen LogP contribution < -0.4 is 5.32 Å². The second kappa shape index (κ2) is 6.20. The van der Waals surface area contributed by atoms with E-state index in [2.05, 4.69) is 33.4 Å². The zero-order valence-electron chi connectivity index (χ0n) is 10.1. The summed E-state index contributed by atoms with van der Waals surface area (Å²) in [6, 6.07) is 8.26. The highest BCUT2D eigenvalue weighted by Gasteiger charge is 2.27. The molecular weight excluding hydrogens is 296 g/mol. The van der Waals surface area contributed by atoms with Crippen molar-refractivity contribution in [1.29, 1.82) is 0 Å². The van der Waals surface area contributed by atoms with Crippen LogP contribution in [0, 0.1) is 0 Å². The van der Waals surface area contributed by atoms with Crippen molar-refractivity contribution in [1.82, 2.24) is 10.2 Å². The van der Waals surface area contributed by atoms with Crippen molar-refractivity contribution in [3.05, 3.63) is 34.3 Å². The SMILES string of the molecule is O=C(O)N1CCCC1CNCc1ccc(Br)cc1. The van der Waals surface area contributed by atoms with E-state index in [9.17, 15) is 4.79 Å². The molecule has 0 bridgehead atoms. The van der Waals surface area contributed by atoms with Gasteiger partial charge < -0.3 is 15.3 Å². The number of nitrogens with zero attached hydrogens (tertiary/aromatic N) is 1. The van der Waals surface area contributed by atoms with E-state index in [0.29, 0.717) is 6.54 Å². The summed E-state index contributed by atoms with van der Waals surface area (Å²) in [5.74, 6) is 0. The molecule has 1 unspecified atom stereocenters. The summed E-state index contributed by atoms with van der Waals surface area (Å²) in [5, 5.41) is 12.4. The Morgan fingerprint density at radius 1 is 1.44 bits per heavy atom. The van der Waals surface area contributed by atoms with Crippen molar-refractivity contribution in [2.45, 2.75) is 25.4 Å². The third kappa shape index (κ3) is 3.46. The molecule has 0 saturated carbocycles. The maximum Gasteiger partial charge on any atom is 0.407 e. The third-order valence-corrected chi connectivity index (χ3v) is 3.77. The molecule has 1 aromatic carbocycles. The van der Waals surface area contributed by atoms with Crippen LogP contribution in [0.4, 0.5) is 4.79 Å². The summed E-state index contributed by atoms with van der Waals surface area (Å²) in [5.41, 5.74) is 1.21. The number of halogens is 1. The second-order valence-corrected chi connectivity index (χ2v) is 5.45. The van der Waals surface area contributed by atoms with E-state index in [-0.39, 0.29) is 6.04 Å². The Morgan fingerprint density at radius 2 is 2.17 bits per heavy atom. The van der Waals surface area contributed by atoms with Gasteiger partial charge in [-0.15, -0.1) is 0 Å². The van der Waals surface area contributed by atoms with Gasteiger partial charge in [0.05, 0.1) is 0 Å². The molecule has 4 nitrogen and oxygen atoms in total. The molecule has 1 fully saturated rings. The van der Waals surface area contributed by atoms with Gasteiger partial charge in [-0.1, -0.05) is 28.1 Å². The largest absolute Gasteiger partial charge is 0.465 e. The molecule has 5 heteroatoms. The Balaban J connectivity index is 1.78. The van der Waals surface area contributed by atoms with Crippen molar-refractivity contribution >= 4 is 22.0 Å². The van der Waals surface area contributed by atoms with E-state index in [1.807, 2.05) is 12.1 Å². The molecule has 1 heterocycles. The van der Waals surface area contributed by atoms with E-state index in [1.54, 1.807) is 0 Å². The molecule has 0 spiro atoms. The zero-order chi connectivity index (χ0) is 13.0. The molecule has 1 amide bonds. The Hall–Kier alpha value is -1.07. The van der Waals surface area contributed by atoms with Gasteiger partial charge in [0.25, 0.3) is 0 Å². The van der Waals surface area contributed by atoms with Crippen LogP contribution in [-0.4, -0.2) is 35.2 Å². The molecule has 2 rings (SSSR count). The molecule has 0 aliphatic carbocycles. The van der Waals surface area contributed by atoms with Crippen LogP contribution in [0.15, 0.2) is 28.7 Å². The van der Waals surface area contributed by atoms with Crippen LogP contribution in [0.25, 0.3) is 0 Å². The third-order valence-electron chi connectivity index (χ3n) is 3.25. The first-order valence-corrected chi connectivity index (χ1v) is 6.91. The van der Waals surface area contributed by atoms with Gasteiger partial charge in [-0.05, 0) is 30.5 Å². The maximum absolute atomic E-state index is 11.0. The molecule has 0 radical (unpaired) electrons. The van der Waals surface area contributed by atoms with E-state index in [4.69, 9.17) is 5.11 Å². The summed E-state index contributed by atoms with van der Waals surface area (Å²) in [6.45, 7) is 2.17. The fraction of sp³-hybridized carbons (Fsp3) is 0.462. The van der Waals surface area contributed by atoms with Gasteiger partial charge in [0.2, 0.25) is 0 Å². The fourth-order valence-electron chi connectivity index (χ4n) is 2.29. The summed E-state index contributed by atoms with van der Waals surface area (Å²) in [7, 11) is 0. The number of hydrogen-bond acceptors (Lipinski definition) is 2. The van der Waals surface area contributed by atoms with Gasteiger partial charge in [-0.25, -0.2) is 4.79 Å². The van der Waals surface area contributed by atoms with Crippen LogP contribution in [0.2, 0.25) is 0 Å². The number of benzene rings is 1. The summed E-state index contributed by atoms with van der Waals surface area (Å²) >= 11 is 3.40. The first-order valence-electron chi connectivity index (χ1n) is 6.11.